The molecule has 2 aliphatic heterocycles. The van der Waals surface area contributed by atoms with Crippen LogP contribution in [0.25, 0.3) is 0 Å². The average Bonchev–Trinajstić information content (AvgIpc) is 3.53. The van der Waals surface area contributed by atoms with E-state index in [2.05, 4.69) is 31.1 Å². The molecule has 258 valence electrons. The Kier molecular flexibility index (Phi) is 9.35. The van der Waals surface area contributed by atoms with E-state index < -0.39 is 72.0 Å². The number of aromatic amines is 1. The molecule has 2 fully saturated rings. The monoisotopic (exact) mass is 687 g/mol. The quantitative estimate of drug-likeness (QED) is 0.137. The van der Waals surface area contributed by atoms with Crippen molar-refractivity contribution < 1.29 is 34.0 Å². The molecule has 2 amide bonds. The number of aliphatic hydroxyl groups excluding tert-OH is 2. The van der Waals surface area contributed by atoms with E-state index >= 15 is 0 Å². The van der Waals surface area contributed by atoms with Crippen molar-refractivity contribution in [3.8, 4) is 0 Å². The molecule has 6 atom stereocenters. The first kappa shape index (κ1) is 34.6. The smallest absolute Gasteiger partial charge is 0.330 e. The number of H-pyrrole nitrogens is 1. The minimum absolute atomic E-state index is 0.150. The van der Waals surface area contributed by atoms with Crippen LogP contribution in [0.3, 0.4) is 0 Å². The van der Waals surface area contributed by atoms with Crippen molar-refractivity contribution in [2.45, 2.75) is 75.0 Å². The van der Waals surface area contributed by atoms with Crippen LogP contribution in [0.2, 0.25) is 5.04 Å². The van der Waals surface area contributed by atoms with Gasteiger partial charge in [-0.25, -0.2) is 4.79 Å². The van der Waals surface area contributed by atoms with Crippen molar-refractivity contribution in [3.05, 3.63) is 117 Å². The summed E-state index contributed by atoms with van der Waals surface area (Å²) in [6.07, 6.45) is 1.32. The average molecular weight is 688 g/mol. The van der Waals surface area contributed by atoms with Gasteiger partial charge in [-0.2, -0.15) is 0 Å². The van der Waals surface area contributed by atoms with Crippen molar-refractivity contribution in [1.82, 2.24) is 14.9 Å². The summed E-state index contributed by atoms with van der Waals surface area (Å²) in [5.41, 5.74) is -3.64. The molecule has 4 N–H and O–H groups in total. The fraction of sp³-hybridized carbons (Fsp3) is 0.389. The lowest BCUT2D eigenvalue weighted by Crippen LogP contribution is -2.75. The zero-order valence-electron chi connectivity index (χ0n) is 27.8. The van der Waals surface area contributed by atoms with Gasteiger partial charge in [-0.05, 0) is 12.0 Å². The van der Waals surface area contributed by atoms with Crippen LogP contribution >= 0.6 is 0 Å². The van der Waals surface area contributed by atoms with Crippen LogP contribution in [0, 0.1) is 6.92 Å². The third kappa shape index (κ3) is 5.79. The molecule has 3 aliphatic rings. The standard InChI is InChI=1S/C36H41N3O9Si/c1-22-21-39(34(45)38-29(22)41)31-27(46-19-20-47-36-18-12-11-17-25(36)30(42)37-33(36)44)26(40)28(48-31)32(43)49(35(2,3)4,23-13-7-5-8-14-23)24-15-9-6-10-16-24/h5-17,21,26-28,31-32,40,43H,18-20H2,1-4H3,(H,37,42,44)(H,38,41,45)/t26-,27+,28-,31+,32?,36?/m0/s1. The predicted octanol–water partition coefficient (Wildman–Crippen LogP) is 0.750. The number of nitrogens with one attached hydrogen (secondary N) is 2. The summed E-state index contributed by atoms with van der Waals surface area (Å²) in [6.45, 7) is 7.41. The van der Waals surface area contributed by atoms with Gasteiger partial charge in [-0.15, -0.1) is 0 Å². The van der Waals surface area contributed by atoms with E-state index in [1.807, 2.05) is 60.7 Å². The molecule has 2 unspecified atom stereocenters. The molecular formula is C36H41N3O9Si. The number of aliphatic hydroxyl groups is 2. The third-order valence-corrected chi connectivity index (χ3v) is 16.0. The van der Waals surface area contributed by atoms with Crippen LogP contribution in [0.15, 0.2) is 100 Å². The third-order valence-electron chi connectivity index (χ3n) is 9.89. The molecule has 0 spiro atoms. The Labute approximate surface area is 284 Å². The van der Waals surface area contributed by atoms with Gasteiger partial charge in [0, 0.05) is 18.2 Å². The van der Waals surface area contributed by atoms with Crippen LogP contribution in [-0.2, 0) is 23.8 Å². The molecule has 0 radical (unpaired) electrons. The van der Waals surface area contributed by atoms with E-state index in [1.54, 1.807) is 12.2 Å². The fourth-order valence-electron chi connectivity index (χ4n) is 7.57. The summed E-state index contributed by atoms with van der Waals surface area (Å²) >= 11 is 0. The zero-order chi connectivity index (χ0) is 35.1. The number of ether oxygens (including phenoxy) is 3. The Bertz CT molecular complexity index is 1860. The van der Waals surface area contributed by atoms with Crippen molar-refractivity contribution in [2.75, 3.05) is 13.2 Å². The number of carbonyl (C=O) groups is 2. The number of allylic oxidation sites excluding steroid dienone is 2. The minimum atomic E-state index is -3.29. The lowest BCUT2D eigenvalue weighted by Gasteiger charge is -2.48. The van der Waals surface area contributed by atoms with Gasteiger partial charge in [0.2, 0.25) is 0 Å². The second-order valence-corrected chi connectivity index (χ2v) is 18.6. The number of aromatic nitrogens is 2. The summed E-state index contributed by atoms with van der Waals surface area (Å²) in [5.74, 6) is -1.10. The molecule has 0 bridgehead atoms. The number of benzene rings is 2. The van der Waals surface area contributed by atoms with E-state index in [0.29, 0.717) is 0 Å². The maximum atomic E-state index is 13.2. The number of hydrogen-bond acceptors (Lipinski definition) is 9. The van der Waals surface area contributed by atoms with Gasteiger partial charge >= 0.3 is 5.69 Å². The van der Waals surface area contributed by atoms with E-state index in [-0.39, 0.29) is 30.8 Å². The van der Waals surface area contributed by atoms with Gasteiger partial charge in [0.1, 0.15) is 18.3 Å². The van der Waals surface area contributed by atoms with Crippen LogP contribution in [0.1, 0.15) is 39.0 Å². The summed E-state index contributed by atoms with van der Waals surface area (Å²) in [7, 11) is -3.29. The van der Waals surface area contributed by atoms with Gasteiger partial charge in [0.25, 0.3) is 17.4 Å². The van der Waals surface area contributed by atoms with E-state index in [0.717, 1.165) is 14.9 Å². The lowest BCUT2D eigenvalue weighted by molar-refractivity contribution is -0.142. The molecule has 13 heteroatoms. The second-order valence-electron chi connectivity index (χ2n) is 13.7. The molecule has 1 aliphatic carbocycles. The number of amides is 2. The number of nitrogens with zero attached hydrogens (tertiary/aromatic N) is 1. The molecule has 6 rings (SSSR count). The van der Waals surface area contributed by atoms with Crippen LogP contribution in [0.5, 0.6) is 0 Å². The molecule has 3 aromatic rings. The Morgan fingerprint density at radius 3 is 2.27 bits per heavy atom. The highest BCUT2D eigenvalue weighted by atomic mass is 28.3. The molecular weight excluding hydrogens is 646 g/mol. The molecule has 0 saturated carbocycles. The van der Waals surface area contributed by atoms with Crippen molar-refractivity contribution in [1.29, 1.82) is 0 Å². The predicted molar refractivity (Wildman–Crippen MR) is 183 cm³/mol. The Hall–Kier alpha value is -4.24. The maximum Gasteiger partial charge on any atom is 0.330 e. The van der Waals surface area contributed by atoms with Gasteiger partial charge in [-0.1, -0.05) is 110 Å². The first-order valence-electron chi connectivity index (χ1n) is 16.3. The maximum absolute atomic E-state index is 13.2. The topological polar surface area (TPSA) is 169 Å². The van der Waals surface area contributed by atoms with E-state index in [4.69, 9.17) is 14.2 Å². The molecule has 2 aromatic carbocycles. The first-order chi connectivity index (χ1) is 23.3. The van der Waals surface area contributed by atoms with E-state index in [1.165, 1.54) is 19.2 Å². The number of carbonyl (C=O) groups excluding carboxylic acids is 2. The van der Waals surface area contributed by atoms with Crippen molar-refractivity contribution >= 4 is 30.3 Å². The van der Waals surface area contributed by atoms with Gasteiger partial charge in [-0.3, -0.25) is 29.3 Å². The van der Waals surface area contributed by atoms with Gasteiger partial charge in [0.05, 0.1) is 24.5 Å². The molecule has 1 aromatic heterocycles. The molecule has 3 heterocycles. The zero-order valence-corrected chi connectivity index (χ0v) is 28.8. The summed E-state index contributed by atoms with van der Waals surface area (Å²) in [4.78, 5) is 52.9. The first-order valence-corrected chi connectivity index (χ1v) is 18.3. The Balaban J connectivity index is 1.36. The fourth-order valence-corrected chi connectivity index (χ4v) is 13.4. The SMILES string of the molecule is Cc1cn([C@@H]2O[C@H](C(O)[Si](c3ccccc3)(c3ccccc3)C(C)(C)C)[C@@H](O)[C@H]2OCCOC23CC=CC=C2C(=O)NC3=O)c(=O)[nH]c1=O. The highest BCUT2D eigenvalue weighted by molar-refractivity contribution is 7.05. The van der Waals surface area contributed by atoms with Crippen molar-refractivity contribution in [3.63, 3.8) is 0 Å². The Morgan fingerprint density at radius 1 is 1.02 bits per heavy atom. The normalized spacial score (nSPS) is 26.0. The van der Waals surface area contributed by atoms with Gasteiger partial charge in [0.15, 0.2) is 19.9 Å². The highest BCUT2D eigenvalue weighted by Crippen LogP contribution is 2.43. The molecule has 49 heavy (non-hydrogen) atoms. The number of aryl methyl sites for hydroxylation is 1. The number of fused-ring (bicyclic) bond motifs is 1. The van der Waals surface area contributed by atoms with Crippen LogP contribution in [-0.4, -0.2) is 82.5 Å². The van der Waals surface area contributed by atoms with Crippen molar-refractivity contribution in [2.24, 2.45) is 0 Å². The van der Waals surface area contributed by atoms with Crippen LogP contribution < -0.4 is 26.9 Å². The molecule has 2 saturated heterocycles. The number of imide groups is 1. The second kappa shape index (κ2) is 13.2. The largest absolute Gasteiger partial charge is 0.393 e. The highest BCUT2D eigenvalue weighted by Gasteiger charge is 2.61. The van der Waals surface area contributed by atoms with E-state index in [9.17, 15) is 29.4 Å². The van der Waals surface area contributed by atoms with Gasteiger partial charge < -0.3 is 24.4 Å². The minimum Gasteiger partial charge on any atom is -0.393 e. The summed E-state index contributed by atoms with van der Waals surface area (Å²) < 4.78 is 19.8. The lowest BCUT2D eigenvalue weighted by atomic mass is 9.88. The number of hydrogen-bond donors (Lipinski definition) is 4. The number of rotatable bonds is 10. The Morgan fingerprint density at radius 2 is 1.65 bits per heavy atom. The molecule has 12 nitrogen and oxygen atoms in total. The van der Waals surface area contributed by atoms with Crippen LogP contribution in [0.4, 0.5) is 0 Å². The summed E-state index contributed by atoms with van der Waals surface area (Å²) in [5, 5.41) is 28.4. The summed E-state index contributed by atoms with van der Waals surface area (Å²) in [6, 6.07) is 19.4.